The molecule has 0 spiro atoms. The molecular formula is C13H11F3N2. The molecule has 2 aromatic rings. The summed E-state index contributed by atoms with van der Waals surface area (Å²) < 4.78 is 37.1. The Morgan fingerprint density at radius 2 is 1.72 bits per heavy atom. The average molecular weight is 252 g/mol. The number of aromatic nitrogens is 1. The van der Waals surface area contributed by atoms with Gasteiger partial charge in [0, 0.05) is 17.4 Å². The van der Waals surface area contributed by atoms with E-state index in [2.05, 4.69) is 4.98 Å². The summed E-state index contributed by atoms with van der Waals surface area (Å²) in [5, 5.41) is 0. The molecule has 2 nitrogen and oxygen atoms in total. The van der Waals surface area contributed by atoms with Gasteiger partial charge in [-0.3, -0.25) is 4.98 Å². The van der Waals surface area contributed by atoms with Crippen LogP contribution in [0.5, 0.6) is 0 Å². The molecule has 0 unspecified atom stereocenters. The van der Waals surface area contributed by atoms with Gasteiger partial charge >= 0.3 is 6.18 Å². The smallest absolute Gasteiger partial charge is 0.399 e. The van der Waals surface area contributed by atoms with Gasteiger partial charge in [0.1, 0.15) is 5.69 Å². The molecule has 18 heavy (non-hydrogen) atoms. The maximum Gasteiger partial charge on any atom is 0.433 e. The fraction of sp³-hybridized carbons (Fsp3) is 0.154. The van der Waals surface area contributed by atoms with Crippen molar-refractivity contribution < 1.29 is 13.2 Å². The molecule has 0 aliphatic carbocycles. The van der Waals surface area contributed by atoms with Crippen LogP contribution in [0.3, 0.4) is 0 Å². The van der Waals surface area contributed by atoms with Gasteiger partial charge < -0.3 is 5.73 Å². The van der Waals surface area contributed by atoms with Crippen LogP contribution in [-0.4, -0.2) is 4.98 Å². The summed E-state index contributed by atoms with van der Waals surface area (Å²) in [5.74, 6) is 0. The van der Waals surface area contributed by atoms with Crippen molar-refractivity contribution in [2.75, 3.05) is 5.73 Å². The lowest BCUT2D eigenvalue weighted by molar-refractivity contribution is -0.141. The highest BCUT2D eigenvalue weighted by molar-refractivity contribution is 5.66. The third-order valence-corrected chi connectivity index (χ3v) is 2.66. The molecular weight excluding hydrogens is 241 g/mol. The van der Waals surface area contributed by atoms with E-state index >= 15 is 0 Å². The first-order valence-electron chi connectivity index (χ1n) is 5.27. The Morgan fingerprint density at radius 1 is 1.06 bits per heavy atom. The van der Waals surface area contributed by atoms with Crippen LogP contribution in [0, 0.1) is 6.92 Å². The number of halogens is 3. The van der Waals surface area contributed by atoms with Crippen LogP contribution in [0.1, 0.15) is 11.3 Å². The molecule has 1 heterocycles. The molecule has 0 aliphatic heterocycles. The zero-order valence-corrected chi connectivity index (χ0v) is 9.62. The number of benzene rings is 1. The largest absolute Gasteiger partial charge is 0.433 e. The number of hydrogen-bond donors (Lipinski definition) is 1. The van der Waals surface area contributed by atoms with Crippen LogP contribution < -0.4 is 5.73 Å². The standard InChI is InChI=1S/C13H11F3N2/c1-8-6-9(2-4-11(8)17)10-3-5-12(18-7-10)13(14,15)16/h2-7H,17H2,1H3. The molecule has 0 saturated heterocycles. The second-order valence-corrected chi connectivity index (χ2v) is 4.00. The maximum absolute atomic E-state index is 12.4. The molecule has 0 saturated carbocycles. The minimum absolute atomic E-state index is 0.631. The summed E-state index contributed by atoms with van der Waals surface area (Å²) in [5.41, 5.74) is 7.75. The van der Waals surface area contributed by atoms with E-state index in [-0.39, 0.29) is 0 Å². The molecule has 0 bridgehead atoms. The van der Waals surface area contributed by atoms with Crippen molar-refractivity contribution in [2.24, 2.45) is 0 Å². The molecule has 0 radical (unpaired) electrons. The van der Waals surface area contributed by atoms with Gasteiger partial charge in [-0.15, -0.1) is 0 Å². The van der Waals surface area contributed by atoms with Crippen LogP contribution in [0.25, 0.3) is 11.1 Å². The van der Waals surface area contributed by atoms with E-state index in [9.17, 15) is 13.2 Å². The second kappa shape index (κ2) is 4.33. The summed E-state index contributed by atoms with van der Waals surface area (Å²) >= 11 is 0. The van der Waals surface area contributed by atoms with E-state index in [1.807, 2.05) is 13.0 Å². The SMILES string of the molecule is Cc1cc(-c2ccc(C(F)(F)F)nc2)ccc1N. The summed E-state index contributed by atoms with van der Waals surface area (Å²) in [6.07, 6.45) is -3.19. The number of pyridine rings is 1. The maximum atomic E-state index is 12.4. The van der Waals surface area contributed by atoms with Crippen LogP contribution in [-0.2, 0) is 6.18 Å². The predicted molar refractivity (Wildman–Crippen MR) is 63.8 cm³/mol. The van der Waals surface area contributed by atoms with Crippen LogP contribution in [0.4, 0.5) is 18.9 Å². The van der Waals surface area contributed by atoms with Gasteiger partial charge in [-0.2, -0.15) is 13.2 Å². The van der Waals surface area contributed by atoms with E-state index in [0.29, 0.717) is 11.3 Å². The van der Waals surface area contributed by atoms with Crippen LogP contribution in [0.2, 0.25) is 0 Å². The van der Waals surface area contributed by atoms with Gasteiger partial charge in [-0.05, 0) is 36.2 Å². The zero-order chi connectivity index (χ0) is 13.3. The molecule has 5 heteroatoms. The van der Waals surface area contributed by atoms with Crippen molar-refractivity contribution in [1.82, 2.24) is 4.98 Å². The van der Waals surface area contributed by atoms with Crippen molar-refractivity contribution in [3.63, 3.8) is 0 Å². The first-order chi connectivity index (χ1) is 8.38. The van der Waals surface area contributed by atoms with Crippen molar-refractivity contribution >= 4 is 5.69 Å². The Bertz CT molecular complexity index is 559. The Morgan fingerprint density at radius 3 is 2.22 bits per heavy atom. The number of nitrogen functional groups attached to an aromatic ring is 1. The number of aryl methyl sites for hydroxylation is 1. The number of nitrogens with zero attached hydrogens (tertiary/aromatic N) is 1. The first-order valence-corrected chi connectivity index (χ1v) is 5.27. The highest BCUT2D eigenvalue weighted by atomic mass is 19.4. The zero-order valence-electron chi connectivity index (χ0n) is 9.62. The Kier molecular flexibility index (Phi) is 2.98. The van der Waals surface area contributed by atoms with Gasteiger partial charge in [0.05, 0.1) is 0 Å². The number of hydrogen-bond acceptors (Lipinski definition) is 2. The molecule has 0 fully saturated rings. The Labute approximate surface area is 102 Å². The first kappa shape index (κ1) is 12.4. The molecule has 2 N–H and O–H groups in total. The lowest BCUT2D eigenvalue weighted by Gasteiger charge is -2.08. The topological polar surface area (TPSA) is 38.9 Å². The van der Waals surface area contributed by atoms with Crippen molar-refractivity contribution in [2.45, 2.75) is 13.1 Å². The van der Waals surface area contributed by atoms with Gasteiger partial charge in [0.15, 0.2) is 0 Å². The fourth-order valence-corrected chi connectivity index (χ4v) is 1.59. The fourth-order valence-electron chi connectivity index (χ4n) is 1.59. The van der Waals surface area contributed by atoms with E-state index < -0.39 is 11.9 Å². The Hall–Kier alpha value is -2.04. The summed E-state index contributed by atoms with van der Waals surface area (Å²) in [4.78, 5) is 3.42. The molecule has 0 atom stereocenters. The van der Waals surface area contributed by atoms with Crippen molar-refractivity contribution in [1.29, 1.82) is 0 Å². The molecule has 1 aromatic heterocycles. The highest BCUT2D eigenvalue weighted by Gasteiger charge is 2.32. The summed E-state index contributed by atoms with van der Waals surface area (Å²) in [6, 6.07) is 7.68. The summed E-state index contributed by atoms with van der Waals surface area (Å²) in [6.45, 7) is 1.84. The van der Waals surface area contributed by atoms with Gasteiger partial charge in [-0.25, -0.2) is 0 Å². The van der Waals surface area contributed by atoms with Crippen molar-refractivity contribution in [3.8, 4) is 11.1 Å². The number of nitrogens with two attached hydrogens (primary N) is 1. The van der Waals surface area contributed by atoms with E-state index in [1.54, 1.807) is 12.1 Å². The lowest BCUT2D eigenvalue weighted by Crippen LogP contribution is -2.07. The highest BCUT2D eigenvalue weighted by Crippen LogP contribution is 2.29. The van der Waals surface area contributed by atoms with Crippen LogP contribution in [0.15, 0.2) is 36.5 Å². The van der Waals surface area contributed by atoms with Gasteiger partial charge in [0.2, 0.25) is 0 Å². The second-order valence-electron chi connectivity index (χ2n) is 4.00. The monoisotopic (exact) mass is 252 g/mol. The van der Waals surface area contributed by atoms with Gasteiger partial charge in [-0.1, -0.05) is 12.1 Å². The number of rotatable bonds is 1. The number of alkyl halides is 3. The molecule has 0 aliphatic rings. The average Bonchev–Trinajstić information content (AvgIpc) is 2.32. The predicted octanol–water partition coefficient (Wildman–Crippen LogP) is 3.66. The number of anilines is 1. The molecule has 2 rings (SSSR count). The normalized spacial score (nSPS) is 11.6. The van der Waals surface area contributed by atoms with Crippen molar-refractivity contribution in [3.05, 3.63) is 47.8 Å². The minimum atomic E-state index is -4.41. The van der Waals surface area contributed by atoms with E-state index in [0.717, 1.165) is 17.2 Å². The molecule has 0 amide bonds. The summed E-state index contributed by atoms with van der Waals surface area (Å²) in [7, 11) is 0. The quantitative estimate of drug-likeness (QED) is 0.786. The molecule has 94 valence electrons. The van der Waals surface area contributed by atoms with Crippen LogP contribution >= 0.6 is 0 Å². The third-order valence-electron chi connectivity index (χ3n) is 2.66. The van der Waals surface area contributed by atoms with Gasteiger partial charge in [0.25, 0.3) is 0 Å². The molecule has 1 aromatic carbocycles. The Balaban J connectivity index is 2.37. The third kappa shape index (κ3) is 2.45. The lowest BCUT2D eigenvalue weighted by atomic mass is 10.0. The van der Waals surface area contributed by atoms with E-state index in [1.165, 1.54) is 12.3 Å². The minimum Gasteiger partial charge on any atom is -0.399 e. The van der Waals surface area contributed by atoms with E-state index in [4.69, 9.17) is 5.73 Å².